The van der Waals surface area contributed by atoms with E-state index in [1.165, 1.54) is 6.07 Å². The molecule has 0 atom stereocenters. The number of halogens is 2. The third-order valence-corrected chi connectivity index (χ3v) is 4.76. The maximum atomic E-state index is 13.3. The molecule has 1 aliphatic rings. The maximum absolute atomic E-state index is 13.3. The van der Waals surface area contributed by atoms with Crippen LogP contribution in [0.15, 0.2) is 46.9 Å². The van der Waals surface area contributed by atoms with Crippen molar-refractivity contribution in [2.45, 2.75) is 19.3 Å². The van der Waals surface area contributed by atoms with Gasteiger partial charge in [-0.1, -0.05) is 30.3 Å². The van der Waals surface area contributed by atoms with Gasteiger partial charge in [-0.25, -0.2) is 4.39 Å². The molecule has 0 aliphatic heterocycles. The number of benzene rings is 2. The smallest absolute Gasteiger partial charge is 0.310 e. The molecule has 21 heavy (non-hydrogen) atoms. The average molecular weight is 349 g/mol. The molecular weight excluding hydrogens is 335 g/mol. The van der Waals surface area contributed by atoms with E-state index < -0.39 is 11.4 Å². The summed E-state index contributed by atoms with van der Waals surface area (Å²) in [6, 6.07) is 12.5. The van der Waals surface area contributed by atoms with Crippen molar-refractivity contribution in [3.63, 3.8) is 0 Å². The molecule has 1 N–H and O–H groups in total. The van der Waals surface area contributed by atoms with Crippen molar-refractivity contribution >= 4 is 21.9 Å². The Balaban J connectivity index is 1.94. The third kappa shape index (κ3) is 2.60. The van der Waals surface area contributed by atoms with Crippen molar-refractivity contribution in [2.24, 2.45) is 5.41 Å². The quantitative estimate of drug-likeness (QED) is 0.910. The number of hydrogen-bond donors (Lipinski definition) is 1. The van der Waals surface area contributed by atoms with Gasteiger partial charge in [-0.05, 0) is 64.0 Å². The summed E-state index contributed by atoms with van der Waals surface area (Å²) in [6.45, 7) is 0. The number of carbonyl (C=O) groups is 1. The van der Waals surface area contributed by atoms with Gasteiger partial charge in [0.15, 0.2) is 0 Å². The Kier molecular flexibility index (Phi) is 3.57. The van der Waals surface area contributed by atoms with Crippen LogP contribution in [0.3, 0.4) is 0 Å². The van der Waals surface area contributed by atoms with E-state index in [0.717, 1.165) is 16.7 Å². The lowest BCUT2D eigenvalue weighted by Crippen LogP contribution is -2.34. The molecule has 0 amide bonds. The van der Waals surface area contributed by atoms with Gasteiger partial charge in [0.25, 0.3) is 0 Å². The molecule has 2 aromatic carbocycles. The molecule has 0 heterocycles. The molecular formula is C17H14BrFO2. The van der Waals surface area contributed by atoms with Crippen molar-refractivity contribution in [1.29, 1.82) is 0 Å². The highest BCUT2D eigenvalue weighted by Crippen LogP contribution is 2.40. The fourth-order valence-electron chi connectivity index (χ4n) is 3.09. The number of carboxylic acids is 1. The molecule has 0 saturated carbocycles. The minimum Gasteiger partial charge on any atom is -0.481 e. The molecule has 0 bridgehead atoms. The fraction of sp³-hybridized carbons (Fsp3) is 0.235. The molecule has 3 rings (SSSR count). The molecule has 0 spiro atoms. The topological polar surface area (TPSA) is 37.3 Å². The standard InChI is InChI=1S/C17H14BrFO2/c18-14-7-11(5-6-15(14)19)8-17(16(20)21)9-12-3-1-2-4-13(12)10-17/h1-7H,8-10H2,(H,20,21). The Labute approximate surface area is 130 Å². The van der Waals surface area contributed by atoms with Crippen LogP contribution in [0.25, 0.3) is 0 Å². The van der Waals surface area contributed by atoms with Crippen LogP contribution in [0.4, 0.5) is 4.39 Å². The highest BCUT2D eigenvalue weighted by molar-refractivity contribution is 9.10. The largest absolute Gasteiger partial charge is 0.481 e. The zero-order valence-corrected chi connectivity index (χ0v) is 12.9. The molecule has 0 fully saturated rings. The predicted molar refractivity (Wildman–Crippen MR) is 81.7 cm³/mol. The number of rotatable bonds is 3. The van der Waals surface area contributed by atoms with Crippen molar-refractivity contribution in [2.75, 3.05) is 0 Å². The molecule has 0 aromatic heterocycles. The van der Waals surface area contributed by atoms with Crippen LogP contribution < -0.4 is 0 Å². The highest BCUT2D eigenvalue weighted by atomic mass is 79.9. The van der Waals surface area contributed by atoms with Gasteiger partial charge >= 0.3 is 5.97 Å². The SMILES string of the molecule is O=C(O)C1(Cc2ccc(F)c(Br)c2)Cc2ccccc2C1. The van der Waals surface area contributed by atoms with Crippen LogP contribution in [0.5, 0.6) is 0 Å². The summed E-state index contributed by atoms with van der Waals surface area (Å²) in [4.78, 5) is 11.9. The Bertz CT molecular complexity index is 687. The lowest BCUT2D eigenvalue weighted by Gasteiger charge is -2.24. The number of carboxylic acid groups (broad SMARTS) is 1. The summed E-state index contributed by atoms with van der Waals surface area (Å²) >= 11 is 3.16. The second kappa shape index (κ2) is 5.26. The van der Waals surface area contributed by atoms with E-state index in [4.69, 9.17) is 0 Å². The monoisotopic (exact) mass is 348 g/mol. The molecule has 108 valence electrons. The average Bonchev–Trinajstić information content (AvgIpc) is 2.82. The summed E-state index contributed by atoms with van der Waals surface area (Å²) in [6.07, 6.45) is 1.44. The molecule has 1 aliphatic carbocycles. The number of fused-ring (bicyclic) bond motifs is 1. The van der Waals surface area contributed by atoms with E-state index in [0.29, 0.717) is 23.7 Å². The normalized spacial score (nSPS) is 15.7. The van der Waals surface area contributed by atoms with Gasteiger partial charge in [0.05, 0.1) is 9.89 Å². The van der Waals surface area contributed by atoms with Gasteiger partial charge in [-0.3, -0.25) is 4.79 Å². The van der Waals surface area contributed by atoms with Crippen LogP contribution in [-0.2, 0) is 24.1 Å². The number of aliphatic carboxylic acids is 1. The van der Waals surface area contributed by atoms with Crippen LogP contribution in [0.2, 0.25) is 0 Å². The summed E-state index contributed by atoms with van der Waals surface area (Å²) < 4.78 is 13.7. The molecule has 0 unspecified atom stereocenters. The molecule has 2 nitrogen and oxygen atoms in total. The first kappa shape index (κ1) is 14.3. The minimum atomic E-state index is -0.832. The Hall–Kier alpha value is -1.68. The van der Waals surface area contributed by atoms with E-state index in [-0.39, 0.29) is 5.82 Å². The maximum Gasteiger partial charge on any atom is 0.310 e. The first-order valence-electron chi connectivity index (χ1n) is 6.74. The lowest BCUT2D eigenvalue weighted by molar-refractivity contribution is -0.148. The van der Waals surface area contributed by atoms with Crippen LogP contribution in [0.1, 0.15) is 16.7 Å². The number of hydrogen-bond acceptors (Lipinski definition) is 1. The molecule has 0 radical (unpaired) electrons. The van der Waals surface area contributed by atoms with E-state index >= 15 is 0 Å². The Morgan fingerprint density at radius 1 is 1.19 bits per heavy atom. The second-order valence-electron chi connectivity index (χ2n) is 5.63. The van der Waals surface area contributed by atoms with E-state index in [1.807, 2.05) is 24.3 Å². The van der Waals surface area contributed by atoms with E-state index in [2.05, 4.69) is 15.9 Å². The van der Waals surface area contributed by atoms with Gasteiger partial charge in [-0.15, -0.1) is 0 Å². The van der Waals surface area contributed by atoms with Crippen molar-refractivity contribution < 1.29 is 14.3 Å². The summed E-state index contributed by atoms with van der Waals surface area (Å²) in [5, 5.41) is 9.74. The van der Waals surface area contributed by atoms with Crippen molar-refractivity contribution in [1.82, 2.24) is 0 Å². The van der Waals surface area contributed by atoms with Crippen LogP contribution in [0, 0.1) is 11.2 Å². The lowest BCUT2D eigenvalue weighted by atomic mass is 9.79. The summed E-state index contributed by atoms with van der Waals surface area (Å²) in [5.41, 5.74) is 2.20. The van der Waals surface area contributed by atoms with Gasteiger partial charge in [0, 0.05) is 0 Å². The molecule has 2 aromatic rings. The second-order valence-corrected chi connectivity index (χ2v) is 6.49. The Morgan fingerprint density at radius 3 is 2.33 bits per heavy atom. The van der Waals surface area contributed by atoms with Crippen LogP contribution >= 0.6 is 15.9 Å². The highest BCUT2D eigenvalue weighted by Gasteiger charge is 2.43. The zero-order valence-electron chi connectivity index (χ0n) is 11.3. The fourth-order valence-corrected chi connectivity index (χ4v) is 3.51. The van der Waals surface area contributed by atoms with E-state index in [1.54, 1.807) is 12.1 Å². The first-order valence-corrected chi connectivity index (χ1v) is 7.54. The minimum absolute atomic E-state index is 0.335. The first-order chi connectivity index (χ1) is 10.00. The van der Waals surface area contributed by atoms with Crippen molar-refractivity contribution in [3.8, 4) is 0 Å². The summed E-state index contributed by atoms with van der Waals surface area (Å²) in [7, 11) is 0. The van der Waals surface area contributed by atoms with Crippen LogP contribution in [-0.4, -0.2) is 11.1 Å². The molecule has 0 saturated heterocycles. The summed E-state index contributed by atoms with van der Waals surface area (Å²) in [5.74, 6) is -1.13. The van der Waals surface area contributed by atoms with Crippen molar-refractivity contribution in [3.05, 3.63) is 69.4 Å². The third-order valence-electron chi connectivity index (χ3n) is 4.16. The van der Waals surface area contributed by atoms with Gasteiger partial charge < -0.3 is 5.11 Å². The molecule has 4 heteroatoms. The van der Waals surface area contributed by atoms with Gasteiger partial charge in [0.2, 0.25) is 0 Å². The Morgan fingerprint density at radius 2 is 1.81 bits per heavy atom. The van der Waals surface area contributed by atoms with Gasteiger partial charge in [-0.2, -0.15) is 0 Å². The predicted octanol–water partition coefficient (Wildman–Crippen LogP) is 4.00. The van der Waals surface area contributed by atoms with E-state index in [9.17, 15) is 14.3 Å². The zero-order chi connectivity index (χ0) is 15.0. The van der Waals surface area contributed by atoms with Gasteiger partial charge in [0.1, 0.15) is 5.82 Å².